The smallest absolute Gasteiger partial charge is 0.250 e. The molecule has 4 N–H and O–H groups in total. The van der Waals surface area contributed by atoms with Crippen LogP contribution in [0.2, 0.25) is 0 Å². The fourth-order valence-corrected chi connectivity index (χ4v) is 3.25. The Balaban J connectivity index is 1.91. The molecule has 1 amide bonds. The van der Waals surface area contributed by atoms with E-state index >= 15 is 0 Å². The van der Waals surface area contributed by atoms with Crippen LogP contribution in [0.15, 0.2) is 54.7 Å². The summed E-state index contributed by atoms with van der Waals surface area (Å²) in [7, 11) is 4.10. The number of H-pyrrole nitrogens is 1. The summed E-state index contributed by atoms with van der Waals surface area (Å²) in [6.45, 7) is 3.82. The molecule has 27 heavy (non-hydrogen) atoms. The van der Waals surface area contributed by atoms with Crippen molar-refractivity contribution in [2.45, 2.75) is 6.92 Å². The number of amides is 1. The highest BCUT2D eigenvalue weighted by atomic mass is 16.1. The second-order valence-electron chi connectivity index (χ2n) is 6.88. The zero-order chi connectivity index (χ0) is 19.4. The number of aromatic nitrogens is 1. The molecule has 5 nitrogen and oxygen atoms in total. The van der Waals surface area contributed by atoms with Crippen LogP contribution in [-0.4, -0.2) is 43.0 Å². The number of nitrogens with one attached hydrogen (secondary N) is 2. The van der Waals surface area contributed by atoms with Gasteiger partial charge in [0, 0.05) is 30.4 Å². The summed E-state index contributed by atoms with van der Waals surface area (Å²) in [5.74, 6) is -0.425. The largest absolute Gasteiger partial charge is 0.381 e. The van der Waals surface area contributed by atoms with Crippen molar-refractivity contribution in [3.05, 3.63) is 65.9 Å². The zero-order valence-corrected chi connectivity index (χ0v) is 16.0. The van der Waals surface area contributed by atoms with Crippen molar-refractivity contribution in [3.8, 4) is 11.1 Å². The van der Waals surface area contributed by atoms with Crippen LogP contribution in [0.1, 0.15) is 15.9 Å². The topological polar surface area (TPSA) is 74.2 Å². The first kappa shape index (κ1) is 18.7. The molecule has 5 heteroatoms. The third kappa shape index (κ3) is 4.04. The third-order valence-corrected chi connectivity index (χ3v) is 4.66. The Morgan fingerprint density at radius 3 is 2.70 bits per heavy atom. The molecule has 0 unspecified atom stereocenters. The van der Waals surface area contributed by atoms with Gasteiger partial charge in [0.2, 0.25) is 0 Å². The molecular formula is C22H26N4O. The van der Waals surface area contributed by atoms with Crippen molar-refractivity contribution in [1.82, 2.24) is 9.88 Å². The number of benzene rings is 2. The lowest BCUT2D eigenvalue weighted by Crippen LogP contribution is -2.11. The van der Waals surface area contributed by atoms with Crippen molar-refractivity contribution in [3.63, 3.8) is 0 Å². The molecule has 0 fully saturated rings. The first-order valence-electron chi connectivity index (χ1n) is 9.02. The summed E-state index contributed by atoms with van der Waals surface area (Å²) < 4.78 is 0. The van der Waals surface area contributed by atoms with E-state index in [9.17, 15) is 4.79 Å². The van der Waals surface area contributed by atoms with Gasteiger partial charge in [-0.1, -0.05) is 30.4 Å². The van der Waals surface area contributed by atoms with Crippen LogP contribution < -0.4 is 11.1 Å². The molecule has 0 aliphatic rings. The highest BCUT2D eigenvalue weighted by molar-refractivity contribution is 6.09. The lowest BCUT2D eigenvalue weighted by molar-refractivity contribution is 0.100. The van der Waals surface area contributed by atoms with Gasteiger partial charge in [-0.2, -0.15) is 0 Å². The Bertz CT molecular complexity index is 985. The second kappa shape index (κ2) is 8.10. The van der Waals surface area contributed by atoms with E-state index in [0.717, 1.165) is 40.8 Å². The minimum absolute atomic E-state index is 0.425. The van der Waals surface area contributed by atoms with E-state index in [2.05, 4.69) is 66.6 Å². The van der Waals surface area contributed by atoms with Gasteiger partial charge in [0.05, 0.1) is 11.1 Å². The second-order valence-corrected chi connectivity index (χ2v) is 6.88. The van der Waals surface area contributed by atoms with E-state index in [1.165, 1.54) is 5.56 Å². The van der Waals surface area contributed by atoms with Crippen LogP contribution in [0.3, 0.4) is 0 Å². The normalized spacial score (nSPS) is 11.6. The Morgan fingerprint density at radius 1 is 1.15 bits per heavy atom. The fourth-order valence-electron chi connectivity index (χ4n) is 3.25. The maximum absolute atomic E-state index is 11.7. The molecule has 0 atom stereocenters. The van der Waals surface area contributed by atoms with Gasteiger partial charge in [-0.15, -0.1) is 0 Å². The lowest BCUT2D eigenvalue weighted by atomic mass is 9.95. The number of carbonyl (C=O) groups is 1. The lowest BCUT2D eigenvalue weighted by Gasteiger charge is -2.14. The molecule has 1 aromatic heterocycles. The Hall–Kier alpha value is -3.05. The quantitative estimate of drug-likeness (QED) is 0.560. The molecule has 3 rings (SSSR count). The van der Waals surface area contributed by atoms with Crippen molar-refractivity contribution in [2.24, 2.45) is 5.73 Å². The maximum Gasteiger partial charge on any atom is 0.250 e. The molecule has 3 aromatic rings. The van der Waals surface area contributed by atoms with Crippen molar-refractivity contribution < 1.29 is 4.79 Å². The van der Waals surface area contributed by atoms with E-state index in [1.807, 2.05) is 18.3 Å². The minimum atomic E-state index is -0.425. The number of anilines is 1. The molecular weight excluding hydrogens is 336 g/mol. The number of rotatable bonds is 7. The molecule has 0 saturated carbocycles. The highest BCUT2D eigenvalue weighted by Gasteiger charge is 2.14. The van der Waals surface area contributed by atoms with Crippen LogP contribution >= 0.6 is 0 Å². The van der Waals surface area contributed by atoms with Gasteiger partial charge in [-0.3, -0.25) is 4.79 Å². The average molecular weight is 362 g/mol. The van der Waals surface area contributed by atoms with Crippen LogP contribution in [-0.2, 0) is 0 Å². The van der Waals surface area contributed by atoms with Gasteiger partial charge in [0.15, 0.2) is 0 Å². The average Bonchev–Trinajstić information content (AvgIpc) is 3.11. The van der Waals surface area contributed by atoms with Gasteiger partial charge in [0.25, 0.3) is 5.91 Å². The number of hydrogen-bond donors (Lipinski definition) is 3. The number of hydrogen-bond acceptors (Lipinski definition) is 3. The number of carbonyl (C=O) groups excluding carboxylic acids is 1. The van der Waals surface area contributed by atoms with Crippen LogP contribution in [0.25, 0.3) is 22.0 Å². The van der Waals surface area contributed by atoms with Crippen LogP contribution in [0.5, 0.6) is 0 Å². The van der Waals surface area contributed by atoms with Crippen LogP contribution in [0, 0.1) is 6.92 Å². The SMILES string of the molecule is Cc1c(NC/C=C/CN(C)C)cccc1-c1ccc(C(N)=O)c2[nH]ccc12. The molecule has 0 spiro atoms. The van der Waals surface area contributed by atoms with Gasteiger partial charge < -0.3 is 20.9 Å². The Kier molecular flexibility index (Phi) is 5.62. The number of fused-ring (bicyclic) bond motifs is 1. The molecule has 0 saturated heterocycles. The molecule has 1 heterocycles. The number of likely N-dealkylation sites (N-methyl/N-ethyl adjacent to an activating group) is 1. The van der Waals surface area contributed by atoms with E-state index in [-0.39, 0.29) is 0 Å². The standard InChI is InChI=1S/C22H26N4O/c1-15-16(7-6-8-20(15)24-12-4-5-14-26(2)3)17-9-10-19(22(23)27)21-18(17)11-13-25-21/h4-11,13,24-25H,12,14H2,1-3H3,(H2,23,27)/b5-4+. The number of primary amides is 1. The van der Waals surface area contributed by atoms with E-state index in [1.54, 1.807) is 6.07 Å². The zero-order valence-electron chi connectivity index (χ0n) is 16.0. The molecule has 0 bridgehead atoms. The van der Waals surface area contributed by atoms with Gasteiger partial charge >= 0.3 is 0 Å². The van der Waals surface area contributed by atoms with Crippen LogP contribution in [0.4, 0.5) is 5.69 Å². The summed E-state index contributed by atoms with van der Waals surface area (Å²) in [6.07, 6.45) is 6.13. The Labute approximate surface area is 159 Å². The number of nitrogens with two attached hydrogens (primary N) is 1. The van der Waals surface area contributed by atoms with Gasteiger partial charge in [0.1, 0.15) is 0 Å². The van der Waals surface area contributed by atoms with E-state index in [4.69, 9.17) is 5.73 Å². The minimum Gasteiger partial charge on any atom is -0.381 e. The summed E-state index contributed by atoms with van der Waals surface area (Å²) in [4.78, 5) is 16.9. The third-order valence-electron chi connectivity index (χ3n) is 4.66. The van der Waals surface area contributed by atoms with Gasteiger partial charge in [-0.25, -0.2) is 0 Å². The number of nitrogens with zero attached hydrogens (tertiary/aromatic N) is 1. The molecule has 0 aliphatic heterocycles. The number of aromatic amines is 1. The summed E-state index contributed by atoms with van der Waals surface area (Å²) >= 11 is 0. The summed E-state index contributed by atoms with van der Waals surface area (Å²) in [5.41, 5.74) is 11.3. The maximum atomic E-state index is 11.7. The molecule has 2 aromatic carbocycles. The molecule has 140 valence electrons. The first-order valence-corrected chi connectivity index (χ1v) is 9.02. The summed E-state index contributed by atoms with van der Waals surface area (Å²) in [6, 6.07) is 12.0. The van der Waals surface area contributed by atoms with Crippen molar-refractivity contribution in [2.75, 3.05) is 32.5 Å². The highest BCUT2D eigenvalue weighted by Crippen LogP contribution is 2.34. The predicted octanol–water partition coefficient (Wildman–Crippen LogP) is 3.77. The van der Waals surface area contributed by atoms with Crippen molar-refractivity contribution in [1.29, 1.82) is 0 Å². The van der Waals surface area contributed by atoms with Crippen molar-refractivity contribution >= 4 is 22.5 Å². The van der Waals surface area contributed by atoms with Gasteiger partial charge in [-0.05, 0) is 55.9 Å². The first-order chi connectivity index (χ1) is 13.0. The van der Waals surface area contributed by atoms with E-state index < -0.39 is 5.91 Å². The van der Waals surface area contributed by atoms with E-state index in [0.29, 0.717) is 5.56 Å². The predicted molar refractivity (Wildman–Crippen MR) is 113 cm³/mol. The Morgan fingerprint density at radius 2 is 1.96 bits per heavy atom. The molecule has 0 radical (unpaired) electrons. The summed E-state index contributed by atoms with van der Waals surface area (Å²) in [5, 5.41) is 4.48. The molecule has 0 aliphatic carbocycles. The fraction of sp³-hybridized carbons (Fsp3) is 0.227. The monoisotopic (exact) mass is 362 g/mol.